The Labute approximate surface area is 164 Å². The van der Waals surface area contributed by atoms with Crippen molar-refractivity contribution in [2.75, 3.05) is 13.1 Å². The molecule has 0 radical (unpaired) electrons. The van der Waals surface area contributed by atoms with Crippen LogP contribution in [0.2, 0.25) is 0 Å². The second kappa shape index (κ2) is 8.71. The maximum Gasteiger partial charge on any atom is 0.410 e. The summed E-state index contributed by atoms with van der Waals surface area (Å²) in [7, 11) is -1.19. The minimum absolute atomic E-state index is 0.00887. The van der Waals surface area contributed by atoms with Crippen LogP contribution in [0.25, 0.3) is 0 Å². The number of ether oxygens (including phenoxy) is 1. The lowest BCUT2D eigenvalue weighted by Gasteiger charge is -2.43. The zero-order valence-corrected chi connectivity index (χ0v) is 17.8. The fourth-order valence-corrected chi connectivity index (χ4v) is 4.03. The van der Waals surface area contributed by atoms with Crippen LogP contribution < -0.4 is 4.72 Å². The SMILES string of the molecule is CC(C)S(=O)NC1(c2ccc(CO)cc2)CCN(C(=O)OC(C)(C)C)CC1. The molecule has 2 N–H and O–H groups in total. The summed E-state index contributed by atoms with van der Waals surface area (Å²) < 4.78 is 21.4. The molecule has 6 nitrogen and oxygen atoms in total. The van der Waals surface area contributed by atoms with Gasteiger partial charge in [-0.15, -0.1) is 0 Å². The number of rotatable bonds is 5. The van der Waals surface area contributed by atoms with Gasteiger partial charge in [-0.05, 0) is 58.6 Å². The van der Waals surface area contributed by atoms with Crippen LogP contribution in [0.15, 0.2) is 24.3 Å². The molecule has 1 unspecified atom stereocenters. The topological polar surface area (TPSA) is 78.9 Å². The Morgan fingerprint density at radius 3 is 2.26 bits per heavy atom. The lowest BCUT2D eigenvalue weighted by molar-refractivity contribution is 0.0158. The molecule has 1 aliphatic rings. The van der Waals surface area contributed by atoms with Gasteiger partial charge in [-0.1, -0.05) is 24.3 Å². The highest BCUT2D eigenvalue weighted by Crippen LogP contribution is 2.34. The zero-order valence-electron chi connectivity index (χ0n) is 16.9. The largest absolute Gasteiger partial charge is 0.444 e. The minimum Gasteiger partial charge on any atom is -0.444 e. The van der Waals surface area contributed by atoms with Crippen molar-refractivity contribution in [3.8, 4) is 0 Å². The lowest BCUT2D eigenvalue weighted by Crippen LogP contribution is -2.54. The fourth-order valence-electron chi connectivity index (χ4n) is 3.09. The number of nitrogens with one attached hydrogen (secondary N) is 1. The molecule has 0 aliphatic carbocycles. The van der Waals surface area contributed by atoms with Crippen LogP contribution in [-0.4, -0.2) is 44.2 Å². The molecule has 7 heteroatoms. The number of aliphatic hydroxyl groups excluding tert-OH is 1. The van der Waals surface area contributed by atoms with Crippen LogP contribution in [0.5, 0.6) is 0 Å². The van der Waals surface area contributed by atoms with Gasteiger partial charge < -0.3 is 14.7 Å². The summed E-state index contributed by atoms with van der Waals surface area (Å²) in [6.45, 7) is 10.4. The fraction of sp³-hybridized carbons (Fsp3) is 0.650. The summed E-state index contributed by atoms with van der Waals surface area (Å²) in [5.74, 6) is 0. The van der Waals surface area contributed by atoms with Gasteiger partial charge in [0.15, 0.2) is 0 Å². The number of hydrogen-bond donors (Lipinski definition) is 2. The van der Waals surface area contributed by atoms with Crippen molar-refractivity contribution < 1.29 is 18.8 Å². The van der Waals surface area contributed by atoms with Crippen LogP contribution in [0.3, 0.4) is 0 Å². The quantitative estimate of drug-likeness (QED) is 0.802. The normalized spacial score (nSPS) is 18.4. The highest BCUT2D eigenvalue weighted by atomic mass is 32.2. The average molecular weight is 397 g/mol. The third-order valence-corrected chi connectivity index (χ3v) is 6.13. The predicted molar refractivity (Wildman–Crippen MR) is 107 cm³/mol. The van der Waals surface area contributed by atoms with E-state index in [4.69, 9.17) is 4.74 Å². The van der Waals surface area contributed by atoms with Gasteiger partial charge in [-0.3, -0.25) is 0 Å². The van der Waals surface area contributed by atoms with Crippen molar-refractivity contribution in [3.63, 3.8) is 0 Å². The van der Waals surface area contributed by atoms with Crippen molar-refractivity contribution in [1.82, 2.24) is 9.62 Å². The van der Waals surface area contributed by atoms with Gasteiger partial charge in [0.25, 0.3) is 0 Å². The number of carbonyl (C=O) groups excluding carboxylic acids is 1. The van der Waals surface area contributed by atoms with Gasteiger partial charge in [-0.25, -0.2) is 13.7 Å². The summed E-state index contributed by atoms with van der Waals surface area (Å²) >= 11 is 0. The third kappa shape index (κ3) is 5.77. The first kappa shape index (κ1) is 21.9. The summed E-state index contributed by atoms with van der Waals surface area (Å²) in [6.07, 6.45) is 0.975. The van der Waals surface area contributed by atoms with E-state index in [0.717, 1.165) is 11.1 Å². The molecule has 1 atom stereocenters. The van der Waals surface area contributed by atoms with E-state index in [1.165, 1.54) is 0 Å². The molecule has 1 saturated heterocycles. The van der Waals surface area contributed by atoms with E-state index in [2.05, 4.69) is 4.72 Å². The molecule has 1 fully saturated rings. The van der Waals surface area contributed by atoms with Gasteiger partial charge in [0, 0.05) is 18.3 Å². The summed E-state index contributed by atoms with van der Waals surface area (Å²) in [6, 6.07) is 7.72. The lowest BCUT2D eigenvalue weighted by atomic mass is 9.81. The Bertz CT molecular complexity index is 660. The van der Waals surface area contributed by atoms with Crippen molar-refractivity contribution in [1.29, 1.82) is 0 Å². The van der Waals surface area contributed by atoms with E-state index in [-0.39, 0.29) is 18.0 Å². The van der Waals surface area contributed by atoms with E-state index < -0.39 is 22.1 Å². The maximum absolute atomic E-state index is 12.6. The van der Waals surface area contributed by atoms with E-state index >= 15 is 0 Å². The molecule has 27 heavy (non-hydrogen) atoms. The molecule has 1 aliphatic heterocycles. The molecule has 0 saturated carbocycles. The van der Waals surface area contributed by atoms with Crippen molar-refractivity contribution in [2.45, 2.75) is 70.5 Å². The molecule has 2 rings (SSSR count). The first-order valence-electron chi connectivity index (χ1n) is 9.43. The second-order valence-corrected chi connectivity index (χ2v) is 10.1. The van der Waals surface area contributed by atoms with E-state index in [9.17, 15) is 14.1 Å². The Hall–Kier alpha value is -1.44. The highest BCUT2D eigenvalue weighted by Gasteiger charge is 2.40. The van der Waals surface area contributed by atoms with Gasteiger partial charge in [0.1, 0.15) is 5.60 Å². The molecule has 1 amide bonds. The van der Waals surface area contributed by atoms with E-state index in [1.54, 1.807) is 4.90 Å². The Kier molecular flexibility index (Phi) is 7.05. The Morgan fingerprint density at radius 1 is 1.26 bits per heavy atom. The smallest absolute Gasteiger partial charge is 0.410 e. The molecule has 0 spiro atoms. The zero-order chi connectivity index (χ0) is 20.2. The molecule has 1 aromatic rings. The van der Waals surface area contributed by atoms with Gasteiger partial charge in [0.05, 0.1) is 23.1 Å². The molecule has 0 bridgehead atoms. The van der Waals surface area contributed by atoms with Crippen LogP contribution in [-0.2, 0) is 27.9 Å². The minimum atomic E-state index is -1.19. The highest BCUT2D eigenvalue weighted by molar-refractivity contribution is 7.83. The Balaban J connectivity index is 2.20. The monoisotopic (exact) mass is 396 g/mol. The summed E-state index contributed by atoms with van der Waals surface area (Å²) in [4.78, 5) is 14.1. The number of likely N-dealkylation sites (tertiary alicyclic amines) is 1. The molecule has 1 aromatic carbocycles. The van der Waals surface area contributed by atoms with Crippen LogP contribution in [0.4, 0.5) is 4.79 Å². The van der Waals surface area contributed by atoms with E-state index in [1.807, 2.05) is 58.9 Å². The first-order valence-corrected chi connectivity index (χ1v) is 10.6. The third-order valence-electron chi connectivity index (χ3n) is 4.68. The summed E-state index contributed by atoms with van der Waals surface area (Å²) in [5.41, 5.74) is 0.868. The van der Waals surface area contributed by atoms with Crippen molar-refractivity contribution in [3.05, 3.63) is 35.4 Å². The summed E-state index contributed by atoms with van der Waals surface area (Å²) in [5, 5.41) is 9.28. The maximum atomic E-state index is 12.6. The van der Waals surface area contributed by atoms with Gasteiger partial charge >= 0.3 is 6.09 Å². The van der Waals surface area contributed by atoms with Crippen molar-refractivity contribution >= 4 is 17.1 Å². The number of benzene rings is 1. The average Bonchev–Trinajstić information content (AvgIpc) is 2.60. The number of piperidine rings is 1. The Morgan fingerprint density at radius 2 is 1.81 bits per heavy atom. The van der Waals surface area contributed by atoms with Gasteiger partial charge in [0.2, 0.25) is 0 Å². The molecular formula is C20H32N2O4S. The number of amides is 1. The van der Waals surface area contributed by atoms with Gasteiger partial charge in [-0.2, -0.15) is 0 Å². The van der Waals surface area contributed by atoms with Crippen LogP contribution >= 0.6 is 0 Å². The number of carbonyl (C=O) groups is 1. The number of aliphatic hydroxyl groups is 1. The molecule has 152 valence electrons. The molecule has 0 aromatic heterocycles. The predicted octanol–water partition coefficient (Wildman–Crippen LogP) is 3.07. The second-order valence-electron chi connectivity index (χ2n) is 8.35. The van der Waals surface area contributed by atoms with Crippen LogP contribution in [0.1, 0.15) is 58.6 Å². The standard InChI is InChI=1S/C20H32N2O4S/c1-15(2)27(25)21-20(17-8-6-16(14-23)7-9-17)10-12-22(13-11-20)18(24)26-19(3,4)5/h6-9,15,21,23H,10-14H2,1-5H3. The molecular weight excluding hydrogens is 364 g/mol. The van der Waals surface area contributed by atoms with Crippen molar-refractivity contribution in [2.24, 2.45) is 0 Å². The number of nitrogens with zero attached hydrogens (tertiary/aromatic N) is 1. The van der Waals surface area contributed by atoms with E-state index in [0.29, 0.717) is 25.9 Å². The number of hydrogen-bond acceptors (Lipinski definition) is 4. The molecule has 1 heterocycles. The first-order chi connectivity index (χ1) is 12.6. The van der Waals surface area contributed by atoms with Crippen LogP contribution in [0, 0.1) is 0 Å².